The van der Waals surface area contributed by atoms with Gasteiger partial charge in [-0.15, -0.1) is 0 Å². The van der Waals surface area contributed by atoms with Crippen molar-refractivity contribution in [1.82, 2.24) is 14.5 Å². The topological polar surface area (TPSA) is 86.8 Å². The molecule has 206 valence electrons. The fraction of sp³-hybridized carbons (Fsp3) is 0.188. The Bertz CT molecular complexity index is 1480. The third-order valence-corrected chi connectivity index (χ3v) is 7.68. The Morgan fingerprint density at radius 1 is 0.675 bits per heavy atom. The summed E-state index contributed by atoms with van der Waals surface area (Å²) in [5.74, 6) is -0.831. The predicted octanol–water partition coefficient (Wildman–Crippen LogP) is 4.53. The largest absolute Gasteiger partial charge is 0.350 e. The lowest BCUT2D eigenvalue weighted by atomic mass is 10.0. The van der Waals surface area contributed by atoms with Gasteiger partial charge in [-0.25, -0.2) is 8.42 Å². The van der Waals surface area contributed by atoms with E-state index in [-0.39, 0.29) is 19.0 Å². The quantitative estimate of drug-likeness (QED) is 0.278. The second-order valence-electron chi connectivity index (χ2n) is 9.54. The van der Waals surface area contributed by atoms with Gasteiger partial charge in [-0.3, -0.25) is 9.59 Å². The van der Waals surface area contributed by atoms with E-state index in [1.807, 2.05) is 109 Å². The van der Waals surface area contributed by atoms with E-state index in [1.165, 1.54) is 4.90 Å². The average Bonchev–Trinajstić information content (AvgIpc) is 2.97. The molecule has 0 aliphatic heterocycles. The molecule has 0 saturated carbocycles. The zero-order valence-electron chi connectivity index (χ0n) is 22.4. The highest BCUT2D eigenvalue weighted by atomic mass is 32.2. The van der Waals surface area contributed by atoms with Crippen LogP contribution in [0.5, 0.6) is 0 Å². The second-order valence-corrected chi connectivity index (χ2v) is 11.5. The maximum atomic E-state index is 14.0. The van der Waals surface area contributed by atoms with Crippen molar-refractivity contribution < 1.29 is 18.0 Å². The Hall–Kier alpha value is -4.27. The second kappa shape index (κ2) is 13.7. The minimum absolute atomic E-state index is 0.0425. The van der Waals surface area contributed by atoms with Crippen LogP contribution in [-0.2, 0) is 39.2 Å². The molecule has 2 amide bonds. The van der Waals surface area contributed by atoms with E-state index in [9.17, 15) is 18.0 Å². The first kappa shape index (κ1) is 28.7. The van der Waals surface area contributed by atoms with E-state index < -0.39 is 28.5 Å². The van der Waals surface area contributed by atoms with Gasteiger partial charge in [-0.1, -0.05) is 121 Å². The van der Waals surface area contributed by atoms with Crippen LogP contribution >= 0.6 is 0 Å². The smallest absolute Gasteiger partial charge is 0.247 e. The molecule has 4 aromatic carbocycles. The van der Waals surface area contributed by atoms with Crippen LogP contribution in [0.2, 0.25) is 0 Å². The van der Waals surface area contributed by atoms with Crippen LogP contribution in [0, 0.1) is 0 Å². The van der Waals surface area contributed by atoms with Crippen molar-refractivity contribution in [2.75, 3.05) is 12.8 Å². The Morgan fingerprint density at radius 2 is 1.12 bits per heavy atom. The number of nitrogens with zero attached hydrogens (tertiary/aromatic N) is 2. The fourth-order valence-electron chi connectivity index (χ4n) is 4.41. The number of rotatable bonds is 12. The van der Waals surface area contributed by atoms with Crippen LogP contribution in [0.1, 0.15) is 28.3 Å². The van der Waals surface area contributed by atoms with Crippen molar-refractivity contribution in [2.24, 2.45) is 0 Å². The molecule has 0 radical (unpaired) electrons. The number of hydrogen-bond acceptors (Lipinski definition) is 4. The Morgan fingerprint density at radius 3 is 1.62 bits per heavy atom. The highest BCUT2D eigenvalue weighted by Gasteiger charge is 2.33. The molecular formula is C32H33N3O4S. The molecule has 1 atom stereocenters. The fourth-order valence-corrected chi connectivity index (χ4v) is 5.14. The van der Waals surface area contributed by atoms with E-state index in [2.05, 4.69) is 5.32 Å². The highest BCUT2D eigenvalue weighted by molar-refractivity contribution is 7.88. The van der Waals surface area contributed by atoms with Crippen molar-refractivity contribution in [3.8, 4) is 0 Å². The van der Waals surface area contributed by atoms with Gasteiger partial charge in [0.2, 0.25) is 21.8 Å². The summed E-state index contributed by atoms with van der Waals surface area (Å²) in [7, 11) is -3.74. The molecule has 1 unspecified atom stereocenters. The molecule has 7 nitrogen and oxygen atoms in total. The predicted molar refractivity (Wildman–Crippen MR) is 156 cm³/mol. The lowest BCUT2D eigenvalue weighted by Crippen LogP contribution is -2.47. The van der Waals surface area contributed by atoms with Crippen molar-refractivity contribution in [2.45, 2.75) is 25.7 Å². The van der Waals surface area contributed by atoms with E-state index >= 15 is 0 Å². The maximum absolute atomic E-state index is 14.0. The number of carbonyl (C=O) groups excluding carboxylic acids is 2. The van der Waals surface area contributed by atoms with Crippen molar-refractivity contribution in [3.63, 3.8) is 0 Å². The molecular weight excluding hydrogens is 522 g/mol. The monoisotopic (exact) mass is 555 g/mol. The normalized spacial score (nSPS) is 12.1. The number of nitrogens with one attached hydrogen (secondary N) is 1. The van der Waals surface area contributed by atoms with Crippen LogP contribution in [0.4, 0.5) is 0 Å². The molecule has 4 aromatic rings. The number of sulfonamides is 1. The molecule has 0 aromatic heterocycles. The molecule has 0 spiro atoms. The molecule has 0 fully saturated rings. The van der Waals surface area contributed by atoms with E-state index in [0.29, 0.717) is 12.1 Å². The minimum Gasteiger partial charge on any atom is -0.350 e. The molecule has 1 N–H and O–H groups in total. The molecule has 4 rings (SSSR count). The standard InChI is InChI=1S/C32H33N3O4S/c1-40(38,39)34(23-27-16-8-3-9-17-27)25-30(36)35(24-28-18-10-4-11-19-28)31(29-20-12-5-13-21-29)32(37)33-22-26-14-6-2-7-15-26/h2-21,31H,22-25H2,1H3,(H,33,37). The van der Waals surface area contributed by atoms with Gasteiger partial charge in [0, 0.05) is 19.6 Å². The van der Waals surface area contributed by atoms with E-state index in [0.717, 1.165) is 27.3 Å². The van der Waals surface area contributed by atoms with Gasteiger partial charge in [0.25, 0.3) is 0 Å². The molecule has 0 aliphatic rings. The Kier molecular flexibility index (Phi) is 9.83. The first-order chi connectivity index (χ1) is 19.3. The third-order valence-electron chi connectivity index (χ3n) is 6.48. The number of hydrogen-bond donors (Lipinski definition) is 1. The molecule has 0 aliphatic carbocycles. The van der Waals surface area contributed by atoms with Crippen molar-refractivity contribution in [3.05, 3.63) is 144 Å². The average molecular weight is 556 g/mol. The summed E-state index contributed by atoms with van der Waals surface area (Å²) in [6.45, 7) is 0.0530. The lowest BCUT2D eigenvalue weighted by molar-refractivity contribution is -0.141. The van der Waals surface area contributed by atoms with Gasteiger partial charge in [0.1, 0.15) is 6.04 Å². The first-order valence-electron chi connectivity index (χ1n) is 13.0. The summed E-state index contributed by atoms with van der Waals surface area (Å²) < 4.78 is 26.7. The summed E-state index contributed by atoms with van der Waals surface area (Å²) in [5.41, 5.74) is 3.14. The maximum Gasteiger partial charge on any atom is 0.247 e. The molecule has 0 saturated heterocycles. The summed E-state index contributed by atoms with van der Waals surface area (Å²) in [4.78, 5) is 29.3. The van der Waals surface area contributed by atoms with E-state index in [1.54, 1.807) is 12.1 Å². The minimum atomic E-state index is -3.74. The molecule has 0 bridgehead atoms. The van der Waals surface area contributed by atoms with E-state index in [4.69, 9.17) is 0 Å². The zero-order valence-corrected chi connectivity index (χ0v) is 23.2. The molecule has 0 heterocycles. The first-order valence-corrected chi connectivity index (χ1v) is 14.8. The van der Waals surface area contributed by atoms with Crippen LogP contribution < -0.4 is 5.32 Å². The van der Waals surface area contributed by atoms with Gasteiger partial charge in [0.15, 0.2) is 0 Å². The summed E-state index contributed by atoms with van der Waals surface area (Å²) in [5, 5.41) is 2.98. The number of amides is 2. The third kappa shape index (κ3) is 8.11. The van der Waals surface area contributed by atoms with Gasteiger partial charge < -0.3 is 10.2 Å². The zero-order chi connectivity index (χ0) is 28.4. The summed E-state index contributed by atoms with van der Waals surface area (Å²) >= 11 is 0. The summed E-state index contributed by atoms with van der Waals surface area (Å²) in [6.07, 6.45) is 1.09. The highest BCUT2D eigenvalue weighted by Crippen LogP contribution is 2.25. The number of carbonyl (C=O) groups is 2. The molecule has 40 heavy (non-hydrogen) atoms. The molecule has 8 heteroatoms. The van der Waals surface area contributed by atoms with Gasteiger partial charge in [-0.05, 0) is 22.3 Å². The Labute approximate surface area is 236 Å². The lowest BCUT2D eigenvalue weighted by Gasteiger charge is -2.33. The SMILES string of the molecule is CS(=O)(=O)N(CC(=O)N(Cc1ccccc1)C(C(=O)NCc1ccccc1)c1ccccc1)Cc1ccccc1. The summed E-state index contributed by atoms with van der Waals surface area (Å²) in [6, 6.07) is 36.1. The van der Waals surface area contributed by atoms with Crippen LogP contribution in [0.3, 0.4) is 0 Å². The van der Waals surface area contributed by atoms with Gasteiger partial charge >= 0.3 is 0 Å². The van der Waals surface area contributed by atoms with Crippen LogP contribution in [0.15, 0.2) is 121 Å². The van der Waals surface area contributed by atoms with Crippen LogP contribution in [-0.4, -0.2) is 42.2 Å². The van der Waals surface area contributed by atoms with Crippen molar-refractivity contribution >= 4 is 21.8 Å². The van der Waals surface area contributed by atoms with Crippen molar-refractivity contribution in [1.29, 1.82) is 0 Å². The Balaban J connectivity index is 1.68. The van der Waals surface area contributed by atoms with Gasteiger partial charge in [0.05, 0.1) is 12.8 Å². The van der Waals surface area contributed by atoms with Gasteiger partial charge in [-0.2, -0.15) is 4.31 Å². The number of benzene rings is 4. The van der Waals surface area contributed by atoms with Crippen LogP contribution in [0.25, 0.3) is 0 Å².